The first-order valence-electron chi connectivity index (χ1n) is 11.1. The Bertz CT molecular complexity index is 1120. The number of benzene rings is 1. The predicted octanol–water partition coefficient (Wildman–Crippen LogP) is 5.06. The molecule has 3 atom stereocenters. The van der Waals surface area contributed by atoms with Gasteiger partial charge in [0.2, 0.25) is 0 Å². The second-order valence-electron chi connectivity index (χ2n) is 10.4. The van der Waals surface area contributed by atoms with E-state index in [1.807, 2.05) is 40.7 Å². The maximum absolute atomic E-state index is 14.0. The van der Waals surface area contributed by atoms with Crippen LogP contribution in [0.25, 0.3) is 5.76 Å². The van der Waals surface area contributed by atoms with E-state index in [2.05, 4.69) is 6.58 Å². The van der Waals surface area contributed by atoms with Crippen LogP contribution >= 0.6 is 0 Å². The van der Waals surface area contributed by atoms with Crippen molar-refractivity contribution in [1.82, 2.24) is 0 Å². The molecule has 6 nitrogen and oxygen atoms in total. The largest absolute Gasteiger partial charge is 0.506 e. The second-order valence-corrected chi connectivity index (χ2v) is 10.4. The first-order valence-corrected chi connectivity index (χ1v) is 11.1. The van der Waals surface area contributed by atoms with Gasteiger partial charge in [0.1, 0.15) is 17.1 Å². The predicted molar refractivity (Wildman–Crippen MR) is 126 cm³/mol. The number of hydrogen-bond donors (Lipinski definition) is 3. The molecule has 1 aromatic rings. The van der Waals surface area contributed by atoms with Gasteiger partial charge < -0.3 is 15.3 Å². The van der Waals surface area contributed by atoms with Crippen LogP contribution in [0.4, 0.5) is 0 Å². The van der Waals surface area contributed by atoms with Crippen molar-refractivity contribution >= 4 is 23.1 Å². The number of aromatic hydroxyl groups is 2. The van der Waals surface area contributed by atoms with Crippen molar-refractivity contribution in [2.45, 2.75) is 53.9 Å². The lowest BCUT2D eigenvalue weighted by Crippen LogP contribution is -2.45. The molecule has 0 aromatic heterocycles. The Kier molecular flexibility index (Phi) is 6.18. The number of Topliss-reactive ketones (excluding diaryl/α,β-unsaturated/α-hetero) is 3. The van der Waals surface area contributed by atoms with Crippen LogP contribution in [0.2, 0.25) is 0 Å². The zero-order valence-corrected chi connectivity index (χ0v) is 19.9. The Morgan fingerprint density at radius 3 is 2.30 bits per heavy atom. The van der Waals surface area contributed by atoms with E-state index in [4.69, 9.17) is 0 Å². The van der Waals surface area contributed by atoms with Gasteiger partial charge in [-0.1, -0.05) is 37.6 Å². The summed E-state index contributed by atoms with van der Waals surface area (Å²) in [6.07, 6.45) is 2.41. The minimum atomic E-state index is -1.20. The van der Waals surface area contributed by atoms with Crippen LogP contribution in [-0.2, 0) is 14.4 Å². The average Bonchev–Trinajstić information content (AvgIpc) is 2.85. The molecule has 2 fully saturated rings. The third-order valence-corrected chi connectivity index (χ3v) is 7.27. The van der Waals surface area contributed by atoms with Gasteiger partial charge in [-0.2, -0.15) is 0 Å². The van der Waals surface area contributed by atoms with E-state index >= 15 is 0 Å². The van der Waals surface area contributed by atoms with E-state index in [-0.39, 0.29) is 30.1 Å². The standard InChI is InChI=1S/C27H32O6/c1-14(2)9-10-27-12-17(15(3)4)26(5,6)22(20(30)13-27)24(32)21(25(27)33)23(31)16-7-8-18(28)19(29)11-16/h7-9,11,17,22,28-29,31H,3,10,12-13H2,1-2,4-6H3/b23-21+. The Balaban J connectivity index is 2.35. The normalized spacial score (nSPS) is 28.2. The molecular weight excluding hydrogens is 420 g/mol. The summed E-state index contributed by atoms with van der Waals surface area (Å²) in [6, 6.07) is 3.56. The summed E-state index contributed by atoms with van der Waals surface area (Å²) < 4.78 is 0. The Morgan fingerprint density at radius 1 is 1.12 bits per heavy atom. The molecule has 3 rings (SSSR count). The van der Waals surface area contributed by atoms with E-state index in [0.29, 0.717) is 6.42 Å². The molecule has 3 unspecified atom stereocenters. The fraction of sp³-hybridized carbons (Fsp3) is 0.444. The lowest BCUT2D eigenvalue weighted by molar-refractivity contribution is -0.135. The van der Waals surface area contributed by atoms with Crippen molar-refractivity contribution in [2.24, 2.45) is 22.7 Å². The van der Waals surface area contributed by atoms with Gasteiger partial charge in [-0.15, -0.1) is 0 Å². The van der Waals surface area contributed by atoms with Crippen LogP contribution < -0.4 is 0 Å². The molecule has 0 heterocycles. The number of carbonyl (C=O) groups is 3. The van der Waals surface area contributed by atoms with Crippen LogP contribution in [0.3, 0.4) is 0 Å². The summed E-state index contributed by atoms with van der Waals surface area (Å²) in [5.74, 6) is -4.40. The van der Waals surface area contributed by atoms with Gasteiger partial charge >= 0.3 is 0 Å². The topological polar surface area (TPSA) is 112 Å². The highest BCUT2D eigenvalue weighted by Crippen LogP contribution is 2.56. The number of phenolic OH excluding ortho intramolecular Hbond substituents is 2. The van der Waals surface area contributed by atoms with Crippen LogP contribution in [0.15, 0.2) is 47.6 Å². The van der Waals surface area contributed by atoms with Gasteiger partial charge in [-0.3, -0.25) is 14.4 Å². The van der Waals surface area contributed by atoms with Crippen LogP contribution in [0.5, 0.6) is 11.5 Å². The zero-order valence-electron chi connectivity index (χ0n) is 19.9. The number of phenols is 2. The number of rotatable bonds is 4. The highest BCUT2D eigenvalue weighted by Gasteiger charge is 2.60. The summed E-state index contributed by atoms with van der Waals surface area (Å²) in [6.45, 7) is 13.5. The lowest BCUT2D eigenvalue weighted by Gasteiger charge is -2.42. The molecule has 2 aliphatic carbocycles. The number of hydrogen-bond acceptors (Lipinski definition) is 6. The third kappa shape index (κ3) is 4.03. The monoisotopic (exact) mass is 452 g/mol. The molecular formula is C27H32O6. The number of aliphatic hydroxyl groups excluding tert-OH is 1. The van der Waals surface area contributed by atoms with Gasteiger partial charge in [0, 0.05) is 17.4 Å². The maximum Gasteiger partial charge on any atom is 0.181 e. The summed E-state index contributed by atoms with van der Waals surface area (Å²) in [5.41, 5.74) is -0.617. The van der Waals surface area contributed by atoms with Crippen LogP contribution in [0, 0.1) is 22.7 Å². The molecule has 2 aliphatic rings. The first-order chi connectivity index (χ1) is 15.2. The summed E-state index contributed by atoms with van der Waals surface area (Å²) in [7, 11) is 0. The van der Waals surface area contributed by atoms with E-state index in [0.717, 1.165) is 17.2 Å². The molecule has 176 valence electrons. The molecule has 0 spiro atoms. The van der Waals surface area contributed by atoms with Gasteiger partial charge in [-0.25, -0.2) is 0 Å². The van der Waals surface area contributed by atoms with Crippen molar-refractivity contribution in [1.29, 1.82) is 0 Å². The molecule has 1 aromatic carbocycles. The van der Waals surface area contributed by atoms with Crippen molar-refractivity contribution in [2.75, 3.05) is 0 Å². The molecule has 6 heteroatoms. The highest BCUT2D eigenvalue weighted by atomic mass is 16.3. The Labute approximate surface area is 194 Å². The summed E-state index contributed by atoms with van der Waals surface area (Å²) >= 11 is 0. The summed E-state index contributed by atoms with van der Waals surface area (Å²) in [5, 5.41) is 30.6. The second kappa shape index (κ2) is 8.32. The average molecular weight is 453 g/mol. The van der Waals surface area contributed by atoms with Crippen LogP contribution in [-0.4, -0.2) is 32.7 Å². The SMILES string of the molecule is C=C(C)C1CC2(CC=C(C)C)CC(=O)C(C(=O)/C(=C(\O)c3ccc(O)c(O)c3)C2=O)C1(C)C. The van der Waals surface area contributed by atoms with Crippen molar-refractivity contribution in [3.05, 3.63) is 53.1 Å². The number of ketones is 3. The fourth-order valence-electron chi connectivity index (χ4n) is 5.45. The molecule has 0 amide bonds. The molecule has 0 radical (unpaired) electrons. The number of allylic oxidation sites excluding steroid dienone is 4. The quantitative estimate of drug-likeness (QED) is 0.147. The zero-order chi connectivity index (χ0) is 24.9. The molecule has 0 saturated heterocycles. The maximum atomic E-state index is 14.0. The van der Waals surface area contributed by atoms with Gasteiger partial charge in [0.15, 0.2) is 23.1 Å². The minimum absolute atomic E-state index is 0.0149. The molecule has 2 saturated carbocycles. The van der Waals surface area contributed by atoms with Gasteiger partial charge in [0.05, 0.1) is 5.92 Å². The third-order valence-electron chi connectivity index (χ3n) is 7.27. The molecule has 0 aliphatic heterocycles. The Hall–Kier alpha value is -3.15. The van der Waals surface area contributed by atoms with E-state index in [1.165, 1.54) is 12.1 Å². The van der Waals surface area contributed by atoms with E-state index in [9.17, 15) is 29.7 Å². The van der Waals surface area contributed by atoms with Crippen LogP contribution in [0.1, 0.15) is 59.4 Å². The van der Waals surface area contributed by atoms with Crippen molar-refractivity contribution < 1.29 is 29.7 Å². The lowest BCUT2D eigenvalue weighted by atomic mass is 9.59. The Morgan fingerprint density at radius 2 is 1.76 bits per heavy atom. The van der Waals surface area contributed by atoms with Crippen molar-refractivity contribution in [3.63, 3.8) is 0 Å². The van der Waals surface area contributed by atoms with Gasteiger partial charge in [-0.05, 0) is 63.1 Å². The molecule has 2 bridgehead atoms. The number of fused-ring (bicyclic) bond motifs is 3. The first kappa shape index (κ1) is 24.5. The minimum Gasteiger partial charge on any atom is -0.506 e. The smallest absolute Gasteiger partial charge is 0.181 e. The molecule has 33 heavy (non-hydrogen) atoms. The van der Waals surface area contributed by atoms with E-state index in [1.54, 1.807) is 0 Å². The fourth-order valence-corrected chi connectivity index (χ4v) is 5.45. The highest BCUT2D eigenvalue weighted by molar-refractivity contribution is 6.32. The van der Waals surface area contributed by atoms with Gasteiger partial charge in [0.25, 0.3) is 0 Å². The number of carbonyl (C=O) groups excluding carboxylic acids is 3. The molecule has 3 N–H and O–H groups in total. The van der Waals surface area contributed by atoms with E-state index < -0.39 is 51.1 Å². The van der Waals surface area contributed by atoms with Crippen molar-refractivity contribution in [3.8, 4) is 11.5 Å². The number of aliphatic hydroxyl groups is 1. The summed E-state index contributed by atoms with van der Waals surface area (Å²) in [4.78, 5) is 41.3.